The van der Waals surface area contributed by atoms with Gasteiger partial charge in [-0.3, -0.25) is 14.9 Å². The van der Waals surface area contributed by atoms with Crippen molar-refractivity contribution >= 4 is 33.2 Å². The van der Waals surface area contributed by atoms with Gasteiger partial charge in [0, 0.05) is 44.0 Å². The van der Waals surface area contributed by atoms with Gasteiger partial charge in [-0.15, -0.1) is 0 Å². The highest BCUT2D eigenvalue weighted by molar-refractivity contribution is 7.89. The van der Waals surface area contributed by atoms with Gasteiger partial charge in [0.25, 0.3) is 11.6 Å². The minimum atomic E-state index is -4.10. The molecule has 14 heteroatoms. The summed E-state index contributed by atoms with van der Waals surface area (Å²) in [5.41, 5.74) is 1.33. The molecule has 1 aromatic heterocycles. The maximum absolute atomic E-state index is 15.0. The number of amides is 1. The maximum Gasteiger partial charge on any atom is 0.289 e. The molecule has 0 atom stereocenters. The number of hydrogen-bond donors (Lipinski definition) is 0. The first-order valence-corrected chi connectivity index (χ1v) is 14.8. The van der Waals surface area contributed by atoms with E-state index in [2.05, 4.69) is 0 Å². The molecule has 0 saturated carbocycles. The van der Waals surface area contributed by atoms with E-state index in [4.69, 9.17) is 16.3 Å². The smallest absolute Gasteiger partial charge is 0.289 e. The number of carbonyl (C=O) groups is 1. The molecular weight excluding hydrogens is 606 g/mol. The second-order valence-corrected chi connectivity index (χ2v) is 12.1. The third kappa shape index (κ3) is 5.70. The average Bonchev–Trinajstić information content (AvgIpc) is 3.33. The number of sulfonamides is 1. The molecule has 0 unspecified atom stereocenters. The molecule has 1 aliphatic heterocycles. The first-order valence-electron chi connectivity index (χ1n) is 13.0. The SMILES string of the molecule is COc1ccc(-c2cc(C(=O)N3CCN(S(=O)(=O)c4ccc(Cl)c([N+](=O)[O-])c4)CC3)c(C)n2-c2ccc(F)cc2F)cc1. The molecule has 0 N–H and O–H groups in total. The summed E-state index contributed by atoms with van der Waals surface area (Å²) in [6.07, 6.45) is 0. The summed E-state index contributed by atoms with van der Waals surface area (Å²) in [4.78, 5) is 25.5. The van der Waals surface area contributed by atoms with Crippen LogP contribution in [0.25, 0.3) is 16.9 Å². The van der Waals surface area contributed by atoms with Gasteiger partial charge in [0.05, 0.1) is 33.9 Å². The highest BCUT2D eigenvalue weighted by Crippen LogP contribution is 2.33. The molecule has 2 heterocycles. The number of nitro benzene ring substituents is 1. The fraction of sp³-hybridized carbons (Fsp3) is 0.207. The fourth-order valence-corrected chi connectivity index (χ4v) is 6.64. The molecule has 1 saturated heterocycles. The van der Waals surface area contributed by atoms with Crippen molar-refractivity contribution in [1.82, 2.24) is 13.8 Å². The number of ether oxygens (including phenoxy) is 1. The lowest BCUT2D eigenvalue weighted by molar-refractivity contribution is -0.384. The number of hydrogen-bond acceptors (Lipinski definition) is 6. The molecule has 4 aromatic rings. The molecule has 3 aromatic carbocycles. The normalized spacial score (nSPS) is 14.1. The zero-order chi connectivity index (χ0) is 31.1. The highest BCUT2D eigenvalue weighted by Gasteiger charge is 2.33. The van der Waals surface area contributed by atoms with E-state index >= 15 is 0 Å². The van der Waals surface area contributed by atoms with Gasteiger partial charge in [0.2, 0.25) is 10.0 Å². The number of nitrogens with zero attached hydrogens (tertiary/aromatic N) is 4. The van der Waals surface area contributed by atoms with E-state index in [0.717, 1.165) is 28.6 Å². The summed E-state index contributed by atoms with van der Waals surface area (Å²) in [6.45, 7) is 1.63. The number of rotatable bonds is 7. The van der Waals surface area contributed by atoms with Crippen molar-refractivity contribution in [3.05, 3.63) is 105 Å². The average molecular weight is 631 g/mol. The van der Waals surface area contributed by atoms with Crippen LogP contribution < -0.4 is 4.74 Å². The molecule has 224 valence electrons. The first-order chi connectivity index (χ1) is 20.4. The zero-order valence-electron chi connectivity index (χ0n) is 23.0. The van der Waals surface area contributed by atoms with Crippen molar-refractivity contribution in [3.63, 3.8) is 0 Å². The first kappa shape index (κ1) is 30.1. The summed E-state index contributed by atoms with van der Waals surface area (Å²) in [7, 11) is -2.58. The van der Waals surface area contributed by atoms with Crippen molar-refractivity contribution in [1.29, 1.82) is 0 Å². The van der Waals surface area contributed by atoms with E-state index in [1.807, 2.05) is 0 Å². The minimum absolute atomic E-state index is 0.0428. The predicted octanol–water partition coefficient (Wildman–Crippen LogP) is 5.45. The summed E-state index contributed by atoms with van der Waals surface area (Å²) in [6, 6.07) is 15.0. The molecule has 0 aliphatic carbocycles. The monoisotopic (exact) mass is 630 g/mol. The lowest BCUT2D eigenvalue weighted by atomic mass is 10.1. The predicted molar refractivity (Wildman–Crippen MR) is 155 cm³/mol. The van der Waals surface area contributed by atoms with Crippen LogP contribution in [-0.4, -0.2) is 66.3 Å². The van der Waals surface area contributed by atoms with Gasteiger partial charge >= 0.3 is 0 Å². The molecule has 1 aliphatic rings. The van der Waals surface area contributed by atoms with Crippen LogP contribution in [0, 0.1) is 28.7 Å². The summed E-state index contributed by atoms with van der Waals surface area (Å²) in [5.74, 6) is -1.35. The maximum atomic E-state index is 15.0. The molecule has 43 heavy (non-hydrogen) atoms. The van der Waals surface area contributed by atoms with Gasteiger partial charge in [0.1, 0.15) is 22.4 Å². The van der Waals surface area contributed by atoms with Crippen LogP contribution in [0.15, 0.2) is 71.6 Å². The Morgan fingerprint density at radius 1 is 0.977 bits per heavy atom. The Kier molecular flexibility index (Phi) is 8.23. The molecule has 1 amide bonds. The third-order valence-electron chi connectivity index (χ3n) is 7.29. The van der Waals surface area contributed by atoms with Crippen LogP contribution in [0.4, 0.5) is 14.5 Å². The molecule has 0 bridgehead atoms. The summed E-state index contributed by atoms with van der Waals surface area (Å²) in [5, 5.41) is 11.1. The quantitative estimate of drug-likeness (QED) is 0.198. The van der Waals surface area contributed by atoms with E-state index in [-0.39, 0.29) is 47.3 Å². The second-order valence-electron chi connectivity index (χ2n) is 9.75. The third-order valence-corrected chi connectivity index (χ3v) is 9.51. The number of carbonyl (C=O) groups excluding carboxylic acids is 1. The Bertz CT molecular complexity index is 1840. The molecular formula is C29H25ClF2N4O6S. The van der Waals surface area contributed by atoms with E-state index in [9.17, 15) is 32.1 Å². The number of benzene rings is 3. The Morgan fingerprint density at radius 2 is 1.65 bits per heavy atom. The van der Waals surface area contributed by atoms with Gasteiger partial charge in [0.15, 0.2) is 0 Å². The second kappa shape index (κ2) is 11.7. The van der Waals surface area contributed by atoms with Crippen molar-refractivity contribution in [3.8, 4) is 22.7 Å². The zero-order valence-corrected chi connectivity index (χ0v) is 24.5. The van der Waals surface area contributed by atoms with Gasteiger partial charge < -0.3 is 14.2 Å². The number of methoxy groups -OCH3 is 1. The fourth-order valence-electron chi connectivity index (χ4n) is 5.01. The van der Waals surface area contributed by atoms with Gasteiger partial charge in [-0.1, -0.05) is 11.6 Å². The number of nitro groups is 1. The van der Waals surface area contributed by atoms with E-state index in [1.54, 1.807) is 37.3 Å². The number of halogens is 3. The Hall–Kier alpha value is -4.33. The van der Waals surface area contributed by atoms with Gasteiger partial charge in [-0.05, 0) is 67.1 Å². The molecule has 5 rings (SSSR count). The van der Waals surface area contributed by atoms with Crippen LogP contribution in [-0.2, 0) is 10.0 Å². The van der Waals surface area contributed by atoms with E-state index < -0.39 is 38.2 Å². The Labute approximate surface area is 250 Å². The summed E-state index contributed by atoms with van der Waals surface area (Å²) < 4.78 is 63.1. The van der Waals surface area contributed by atoms with Crippen LogP contribution in [0.5, 0.6) is 5.75 Å². The standard InChI is InChI=1S/C29H25ClF2N4O6S/c1-18-23(17-27(19-3-6-21(42-2)7-4-19)35(18)26-10-5-20(31)15-25(26)32)29(37)33-11-13-34(14-12-33)43(40,41)22-8-9-24(30)28(16-22)36(38)39/h3-10,15-17H,11-14H2,1-2H3. The van der Waals surface area contributed by atoms with E-state index in [0.29, 0.717) is 22.7 Å². The lowest BCUT2D eigenvalue weighted by Gasteiger charge is -2.34. The number of piperazine rings is 1. The lowest BCUT2D eigenvalue weighted by Crippen LogP contribution is -2.50. The largest absolute Gasteiger partial charge is 0.497 e. The number of aromatic nitrogens is 1. The van der Waals surface area contributed by atoms with E-state index in [1.165, 1.54) is 28.7 Å². The van der Waals surface area contributed by atoms with Gasteiger partial charge in [-0.2, -0.15) is 4.31 Å². The van der Waals surface area contributed by atoms with Crippen LogP contribution >= 0.6 is 11.6 Å². The van der Waals surface area contributed by atoms with Crippen LogP contribution in [0.2, 0.25) is 5.02 Å². The molecule has 10 nitrogen and oxygen atoms in total. The Morgan fingerprint density at radius 3 is 2.26 bits per heavy atom. The van der Waals surface area contributed by atoms with Crippen LogP contribution in [0.3, 0.4) is 0 Å². The van der Waals surface area contributed by atoms with Crippen molar-refractivity contribution in [2.45, 2.75) is 11.8 Å². The van der Waals surface area contributed by atoms with Crippen LogP contribution in [0.1, 0.15) is 16.1 Å². The van der Waals surface area contributed by atoms with Crippen molar-refractivity contribution in [2.75, 3.05) is 33.3 Å². The minimum Gasteiger partial charge on any atom is -0.497 e. The highest BCUT2D eigenvalue weighted by atomic mass is 35.5. The summed E-state index contributed by atoms with van der Waals surface area (Å²) >= 11 is 5.83. The van der Waals surface area contributed by atoms with Crippen molar-refractivity contribution in [2.24, 2.45) is 0 Å². The Balaban J connectivity index is 1.44. The molecule has 0 radical (unpaired) electrons. The topological polar surface area (TPSA) is 115 Å². The van der Waals surface area contributed by atoms with Crippen molar-refractivity contribution < 1.29 is 31.7 Å². The molecule has 1 fully saturated rings. The molecule has 0 spiro atoms. The van der Waals surface area contributed by atoms with Gasteiger partial charge in [-0.25, -0.2) is 17.2 Å².